The summed E-state index contributed by atoms with van der Waals surface area (Å²) in [6, 6.07) is 6.29. The standard InChI is InChI=1S/C17H18F2N2O2.C3H8N2.CH3Br/c1-11(8-20)9-21-12(2)5-15(7-17(21)22)23-10-13-3-4-14(18)6-16(13)19;1-3(4)5-2;1-2/h3-8H,9-10,20H2,1-2H3;1-2H3,(H2,4,5);1H3/b11-8-;;. The minimum Gasteiger partial charge on any atom is -0.489 e. The first kappa shape index (κ1) is 27.3. The molecule has 6 nitrogen and oxygen atoms in total. The predicted octanol–water partition coefficient (Wildman–Crippen LogP) is 3.88. The lowest BCUT2D eigenvalue weighted by molar-refractivity contribution is 0.298. The fourth-order valence-electron chi connectivity index (χ4n) is 2.09. The van der Waals surface area contributed by atoms with Crippen molar-refractivity contribution in [3.8, 4) is 5.75 Å². The first-order valence-electron chi connectivity index (χ1n) is 8.90. The number of hydrogen-bond donors (Lipinski definition) is 2. The number of ether oxygens (including phenoxy) is 1. The summed E-state index contributed by atoms with van der Waals surface area (Å²) >= 11 is 2.94. The second kappa shape index (κ2) is 14.3. The molecule has 0 bridgehead atoms. The molecule has 1 heterocycles. The zero-order chi connectivity index (χ0) is 23.3. The zero-order valence-corrected chi connectivity index (χ0v) is 19.5. The van der Waals surface area contributed by atoms with Crippen LogP contribution in [-0.2, 0) is 13.2 Å². The van der Waals surface area contributed by atoms with Gasteiger partial charge < -0.3 is 20.8 Å². The minimum absolute atomic E-state index is 0.0866. The van der Waals surface area contributed by atoms with Gasteiger partial charge in [0.1, 0.15) is 24.0 Å². The topological polar surface area (TPSA) is 95.6 Å². The summed E-state index contributed by atoms with van der Waals surface area (Å²) in [6.45, 7) is 5.66. The highest BCUT2D eigenvalue weighted by Crippen LogP contribution is 2.15. The van der Waals surface area contributed by atoms with Crippen LogP contribution in [0, 0.1) is 18.6 Å². The molecule has 0 spiro atoms. The molecule has 0 saturated carbocycles. The Bertz CT molecular complexity index is 924. The number of aryl methyl sites for hydroxylation is 1. The molecule has 9 heteroatoms. The third-order valence-corrected chi connectivity index (χ3v) is 3.76. The van der Waals surface area contributed by atoms with Gasteiger partial charge in [-0.05, 0) is 56.6 Å². The van der Waals surface area contributed by atoms with Crippen LogP contribution in [0.2, 0.25) is 0 Å². The van der Waals surface area contributed by atoms with Gasteiger partial charge in [-0.1, -0.05) is 15.9 Å². The maximum Gasteiger partial charge on any atom is 0.254 e. The average Bonchev–Trinajstić information content (AvgIpc) is 2.71. The monoisotopic (exact) mass is 486 g/mol. The summed E-state index contributed by atoms with van der Waals surface area (Å²) in [7, 11) is 1.66. The van der Waals surface area contributed by atoms with Gasteiger partial charge in [0, 0.05) is 37.0 Å². The van der Waals surface area contributed by atoms with Gasteiger partial charge in [-0.3, -0.25) is 9.79 Å². The Labute approximate surface area is 184 Å². The van der Waals surface area contributed by atoms with Crippen LogP contribution in [0.4, 0.5) is 8.78 Å². The van der Waals surface area contributed by atoms with E-state index in [0.29, 0.717) is 23.8 Å². The van der Waals surface area contributed by atoms with Gasteiger partial charge in [-0.2, -0.15) is 0 Å². The molecule has 0 saturated heterocycles. The molecule has 2 aromatic rings. The molecule has 30 heavy (non-hydrogen) atoms. The fraction of sp³-hybridized carbons (Fsp3) is 0.333. The fourth-order valence-corrected chi connectivity index (χ4v) is 2.09. The molecule has 0 aliphatic carbocycles. The first-order valence-corrected chi connectivity index (χ1v) is 10.5. The van der Waals surface area contributed by atoms with Gasteiger partial charge in [-0.15, -0.1) is 0 Å². The molecule has 2 rings (SSSR count). The predicted molar refractivity (Wildman–Crippen MR) is 122 cm³/mol. The Morgan fingerprint density at radius 3 is 2.30 bits per heavy atom. The number of nitrogens with two attached hydrogens (primary N) is 2. The maximum absolute atomic E-state index is 13.6. The maximum atomic E-state index is 13.6. The summed E-state index contributed by atoms with van der Waals surface area (Å²) in [6.07, 6.45) is 1.45. The van der Waals surface area contributed by atoms with Gasteiger partial charge in [0.2, 0.25) is 0 Å². The van der Waals surface area contributed by atoms with Crippen LogP contribution in [0.15, 0.2) is 51.9 Å². The number of amidine groups is 1. The van der Waals surface area contributed by atoms with E-state index >= 15 is 0 Å². The van der Waals surface area contributed by atoms with Gasteiger partial charge in [-0.25, -0.2) is 8.78 Å². The molecule has 1 aromatic heterocycles. The van der Waals surface area contributed by atoms with Crippen molar-refractivity contribution in [2.24, 2.45) is 16.5 Å². The molecule has 0 aliphatic rings. The molecular formula is C21H29BrF2N4O2. The summed E-state index contributed by atoms with van der Waals surface area (Å²) in [5.74, 6) is 1.45. The molecule has 0 unspecified atom stereocenters. The van der Waals surface area contributed by atoms with E-state index in [1.165, 1.54) is 18.3 Å². The molecule has 1 aromatic carbocycles. The van der Waals surface area contributed by atoms with E-state index in [9.17, 15) is 13.6 Å². The molecule has 0 radical (unpaired) electrons. The number of alkyl halides is 1. The average molecular weight is 487 g/mol. The Morgan fingerprint density at radius 1 is 1.23 bits per heavy atom. The minimum atomic E-state index is -0.682. The highest BCUT2D eigenvalue weighted by atomic mass is 79.9. The van der Waals surface area contributed by atoms with Gasteiger partial charge in [0.05, 0.1) is 5.84 Å². The third-order valence-electron chi connectivity index (χ3n) is 3.76. The summed E-state index contributed by atoms with van der Waals surface area (Å²) in [5, 5.41) is 0. The zero-order valence-electron chi connectivity index (χ0n) is 17.9. The van der Waals surface area contributed by atoms with Crippen molar-refractivity contribution in [1.29, 1.82) is 0 Å². The van der Waals surface area contributed by atoms with E-state index in [1.54, 1.807) is 31.5 Å². The Balaban J connectivity index is 0.00000105. The van der Waals surface area contributed by atoms with Crippen LogP contribution in [0.5, 0.6) is 5.75 Å². The second-order valence-corrected chi connectivity index (χ2v) is 6.16. The Morgan fingerprint density at radius 2 is 1.83 bits per heavy atom. The molecule has 4 N–H and O–H groups in total. The number of aliphatic imine (C=N–C) groups is 1. The number of allylic oxidation sites excluding steroid dienone is 1. The number of aromatic nitrogens is 1. The summed E-state index contributed by atoms with van der Waals surface area (Å²) < 4.78 is 33.4. The normalized spacial score (nSPS) is 11.1. The first-order chi connectivity index (χ1) is 14.2. The van der Waals surface area contributed by atoms with E-state index in [4.69, 9.17) is 16.2 Å². The molecule has 166 valence electrons. The van der Waals surface area contributed by atoms with Crippen LogP contribution in [0.3, 0.4) is 0 Å². The Kier molecular flexibility index (Phi) is 13.0. The van der Waals surface area contributed by atoms with Gasteiger partial charge in [0.25, 0.3) is 5.56 Å². The summed E-state index contributed by atoms with van der Waals surface area (Å²) in [5.41, 5.74) is 12.0. The Hall–Kier alpha value is -2.68. The van der Waals surface area contributed by atoms with Crippen LogP contribution in [0.25, 0.3) is 0 Å². The van der Waals surface area contributed by atoms with Crippen molar-refractivity contribution < 1.29 is 13.5 Å². The lowest BCUT2D eigenvalue weighted by Crippen LogP contribution is -2.22. The van der Waals surface area contributed by atoms with E-state index < -0.39 is 11.6 Å². The molecule has 0 atom stereocenters. The molecule has 0 aliphatic heterocycles. The third kappa shape index (κ3) is 9.69. The van der Waals surface area contributed by atoms with Gasteiger partial charge in [0.15, 0.2) is 0 Å². The lowest BCUT2D eigenvalue weighted by Gasteiger charge is -2.13. The number of benzene rings is 1. The number of nitrogens with zero attached hydrogens (tertiary/aromatic N) is 2. The van der Waals surface area contributed by atoms with Crippen molar-refractivity contribution >= 4 is 21.8 Å². The largest absolute Gasteiger partial charge is 0.489 e. The van der Waals surface area contributed by atoms with Crippen molar-refractivity contribution in [2.45, 2.75) is 33.9 Å². The van der Waals surface area contributed by atoms with Crippen LogP contribution < -0.4 is 21.8 Å². The SMILES string of the molecule is C/C(=C/N)Cn1c(C)cc(OCc2ccc(F)cc2F)cc1=O.CBr.CN=C(C)N. The highest BCUT2D eigenvalue weighted by Gasteiger charge is 2.08. The highest BCUT2D eigenvalue weighted by molar-refractivity contribution is 9.08. The summed E-state index contributed by atoms with van der Waals surface area (Å²) in [4.78, 5) is 15.7. The van der Waals surface area contributed by atoms with Crippen LogP contribution in [0.1, 0.15) is 25.1 Å². The molecule has 0 fully saturated rings. The van der Waals surface area contributed by atoms with Crippen molar-refractivity contribution in [2.75, 3.05) is 12.9 Å². The smallest absolute Gasteiger partial charge is 0.254 e. The van der Waals surface area contributed by atoms with E-state index in [1.807, 2.05) is 12.8 Å². The second-order valence-electron chi connectivity index (χ2n) is 6.16. The van der Waals surface area contributed by atoms with Crippen LogP contribution in [-0.4, -0.2) is 23.3 Å². The molecular weight excluding hydrogens is 458 g/mol. The lowest BCUT2D eigenvalue weighted by atomic mass is 10.2. The quantitative estimate of drug-likeness (QED) is 0.380. The van der Waals surface area contributed by atoms with E-state index in [-0.39, 0.29) is 17.7 Å². The van der Waals surface area contributed by atoms with E-state index in [2.05, 4.69) is 20.9 Å². The molecule has 0 amide bonds. The van der Waals surface area contributed by atoms with Crippen molar-refractivity contribution in [3.63, 3.8) is 0 Å². The number of rotatable bonds is 5. The van der Waals surface area contributed by atoms with Crippen LogP contribution >= 0.6 is 15.9 Å². The van der Waals surface area contributed by atoms with Gasteiger partial charge >= 0.3 is 0 Å². The van der Waals surface area contributed by atoms with Crippen molar-refractivity contribution in [3.05, 3.63) is 75.4 Å². The van der Waals surface area contributed by atoms with E-state index in [0.717, 1.165) is 17.7 Å². The number of hydrogen-bond acceptors (Lipinski definition) is 4. The number of halogens is 3. The number of pyridine rings is 1. The van der Waals surface area contributed by atoms with Crippen molar-refractivity contribution in [1.82, 2.24) is 4.57 Å².